The minimum Gasteiger partial charge on any atom is -0.506 e. The normalized spacial score (nSPS) is 15.9. The van der Waals surface area contributed by atoms with Crippen LogP contribution in [0.3, 0.4) is 0 Å². The van der Waals surface area contributed by atoms with Crippen molar-refractivity contribution in [3.63, 3.8) is 0 Å². The fourth-order valence-electron chi connectivity index (χ4n) is 2.68. The van der Waals surface area contributed by atoms with Crippen molar-refractivity contribution in [3.05, 3.63) is 72.3 Å². The van der Waals surface area contributed by atoms with Crippen LogP contribution in [0.2, 0.25) is 0 Å². The molecule has 0 saturated carbocycles. The standard InChI is InChI=1S/C23H17BrINO4S/c1-3-10-30-21-16(24)11-14(12-17(21)25)13-18-20(27)19(23(28)29-4-2)22(31-18)26-15-8-6-5-7-9-15/h1,5-9,11-13,27H,4,10H2,2H3/b18-13-,26-22?. The van der Waals surface area contributed by atoms with Crippen molar-refractivity contribution >= 4 is 73.1 Å². The number of benzene rings is 2. The fraction of sp³-hybridized carbons (Fsp3) is 0.130. The Balaban J connectivity index is 2.02. The largest absolute Gasteiger partial charge is 0.506 e. The summed E-state index contributed by atoms with van der Waals surface area (Å²) in [6, 6.07) is 13.0. The summed E-state index contributed by atoms with van der Waals surface area (Å²) in [5, 5.41) is 11.2. The highest BCUT2D eigenvalue weighted by molar-refractivity contribution is 14.1. The summed E-state index contributed by atoms with van der Waals surface area (Å²) in [5.41, 5.74) is 1.54. The van der Waals surface area contributed by atoms with Crippen LogP contribution in [0.5, 0.6) is 5.75 Å². The van der Waals surface area contributed by atoms with E-state index in [1.54, 1.807) is 13.0 Å². The molecule has 1 heterocycles. The van der Waals surface area contributed by atoms with Gasteiger partial charge in [0.05, 0.1) is 25.2 Å². The number of aliphatic imine (C=N–C) groups is 1. The molecule has 0 spiro atoms. The summed E-state index contributed by atoms with van der Waals surface area (Å²) in [6.45, 7) is 2.07. The Hall–Kier alpha value is -2.22. The van der Waals surface area contributed by atoms with E-state index in [2.05, 4.69) is 49.4 Å². The summed E-state index contributed by atoms with van der Waals surface area (Å²) in [4.78, 5) is 17.5. The zero-order chi connectivity index (χ0) is 22.4. The molecule has 2 aromatic rings. The number of nitrogens with zero attached hydrogens (tertiary/aromatic N) is 1. The Morgan fingerprint density at radius 2 is 2.10 bits per heavy atom. The highest BCUT2D eigenvalue weighted by Crippen LogP contribution is 2.41. The monoisotopic (exact) mass is 609 g/mol. The number of hydrogen-bond donors (Lipinski definition) is 1. The number of terminal acetylenes is 1. The van der Waals surface area contributed by atoms with Crippen LogP contribution in [-0.2, 0) is 9.53 Å². The molecule has 1 aliphatic rings. The average Bonchev–Trinajstić information content (AvgIpc) is 3.03. The molecule has 8 heteroatoms. The molecule has 2 aromatic carbocycles. The number of aliphatic hydroxyl groups excluding tert-OH is 1. The third kappa shape index (κ3) is 5.73. The number of carbonyl (C=O) groups excluding carboxylic acids is 1. The van der Waals surface area contributed by atoms with Gasteiger partial charge in [0.2, 0.25) is 0 Å². The molecular weight excluding hydrogens is 593 g/mol. The van der Waals surface area contributed by atoms with E-state index >= 15 is 0 Å². The molecule has 0 saturated heterocycles. The van der Waals surface area contributed by atoms with Crippen molar-refractivity contribution in [2.75, 3.05) is 13.2 Å². The van der Waals surface area contributed by atoms with Gasteiger partial charge in [0.25, 0.3) is 0 Å². The van der Waals surface area contributed by atoms with E-state index < -0.39 is 5.97 Å². The molecule has 5 nitrogen and oxygen atoms in total. The Morgan fingerprint density at radius 1 is 1.35 bits per heavy atom. The van der Waals surface area contributed by atoms with Gasteiger partial charge in [0.15, 0.2) is 0 Å². The molecule has 0 atom stereocenters. The lowest BCUT2D eigenvalue weighted by molar-refractivity contribution is -0.138. The summed E-state index contributed by atoms with van der Waals surface area (Å²) in [7, 11) is 0. The van der Waals surface area contributed by atoms with Gasteiger partial charge in [-0.05, 0) is 81.3 Å². The summed E-state index contributed by atoms with van der Waals surface area (Å²) in [5.74, 6) is 2.33. The second kappa shape index (κ2) is 10.9. The Morgan fingerprint density at radius 3 is 2.74 bits per heavy atom. The van der Waals surface area contributed by atoms with Gasteiger partial charge in [-0.3, -0.25) is 0 Å². The lowest BCUT2D eigenvalue weighted by atomic mass is 10.1. The molecule has 1 N–H and O–H groups in total. The summed E-state index contributed by atoms with van der Waals surface area (Å²) < 4.78 is 12.3. The first kappa shape index (κ1) is 23.4. The van der Waals surface area contributed by atoms with E-state index in [1.807, 2.05) is 42.5 Å². The van der Waals surface area contributed by atoms with Crippen molar-refractivity contribution in [2.45, 2.75) is 6.92 Å². The second-order valence-corrected chi connectivity index (χ2v) is 9.16. The van der Waals surface area contributed by atoms with Crippen molar-refractivity contribution in [1.29, 1.82) is 0 Å². The second-order valence-electron chi connectivity index (χ2n) is 6.11. The minimum absolute atomic E-state index is 0.0599. The molecule has 0 aliphatic carbocycles. The number of thioether (sulfide) groups is 1. The van der Waals surface area contributed by atoms with Crippen LogP contribution in [-0.4, -0.2) is 29.3 Å². The Labute approximate surface area is 206 Å². The first-order valence-corrected chi connectivity index (χ1v) is 11.8. The quantitative estimate of drug-likeness (QED) is 0.238. The van der Waals surface area contributed by atoms with Crippen molar-refractivity contribution in [2.24, 2.45) is 4.99 Å². The third-order valence-corrected chi connectivity index (χ3v) is 6.39. The highest BCUT2D eigenvalue weighted by Gasteiger charge is 2.33. The fourth-order valence-corrected chi connectivity index (χ4v) is 5.48. The molecule has 3 rings (SSSR count). The predicted octanol–water partition coefficient (Wildman–Crippen LogP) is 6.26. The first-order chi connectivity index (χ1) is 14.9. The third-order valence-electron chi connectivity index (χ3n) is 3.98. The zero-order valence-corrected chi connectivity index (χ0v) is 21.0. The maximum absolute atomic E-state index is 12.5. The molecule has 0 amide bonds. The smallest absolute Gasteiger partial charge is 0.344 e. The number of carbonyl (C=O) groups is 1. The maximum Gasteiger partial charge on any atom is 0.344 e. The molecule has 0 radical (unpaired) electrons. The van der Waals surface area contributed by atoms with Crippen LogP contribution >= 0.6 is 50.3 Å². The van der Waals surface area contributed by atoms with Gasteiger partial charge in [0.1, 0.15) is 28.7 Å². The average molecular weight is 610 g/mol. The Kier molecular flexibility index (Phi) is 8.23. The Bertz CT molecular complexity index is 1110. The number of para-hydroxylation sites is 1. The molecule has 0 fully saturated rings. The van der Waals surface area contributed by atoms with E-state index in [0.717, 1.165) is 13.6 Å². The number of aliphatic hydroxyl groups is 1. The number of esters is 1. The van der Waals surface area contributed by atoms with Crippen molar-refractivity contribution < 1.29 is 19.4 Å². The number of rotatable bonds is 6. The molecule has 31 heavy (non-hydrogen) atoms. The van der Waals surface area contributed by atoms with Gasteiger partial charge in [-0.25, -0.2) is 9.79 Å². The van der Waals surface area contributed by atoms with E-state index in [-0.39, 0.29) is 24.5 Å². The number of ether oxygens (including phenoxy) is 2. The lowest BCUT2D eigenvalue weighted by Gasteiger charge is -2.09. The zero-order valence-electron chi connectivity index (χ0n) is 16.4. The summed E-state index contributed by atoms with van der Waals surface area (Å²) in [6.07, 6.45) is 7.05. The highest BCUT2D eigenvalue weighted by atomic mass is 127. The first-order valence-electron chi connectivity index (χ1n) is 9.14. The van der Waals surface area contributed by atoms with Crippen LogP contribution in [0.25, 0.3) is 6.08 Å². The van der Waals surface area contributed by atoms with E-state index in [1.165, 1.54) is 11.8 Å². The van der Waals surface area contributed by atoms with E-state index in [4.69, 9.17) is 15.9 Å². The van der Waals surface area contributed by atoms with Crippen LogP contribution in [0.4, 0.5) is 5.69 Å². The predicted molar refractivity (Wildman–Crippen MR) is 137 cm³/mol. The molecule has 1 aliphatic heterocycles. The van der Waals surface area contributed by atoms with Gasteiger partial charge < -0.3 is 14.6 Å². The van der Waals surface area contributed by atoms with Gasteiger partial charge in [-0.15, -0.1) is 6.42 Å². The van der Waals surface area contributed by atoms with Gasteiger partial charge in [0, 0.05) is 0 Å². The molecule has 0 bridgehead atoms. The van der Waals surface area contributed by atoms with Gasteiger partial charge in [-0.1, -0.05) is 35.9 Å². The van der Waals surface area contributed by atoms with Crippen LogP contribution in [0.15, 0.2) is 68.2 Å². The molecule has 0 aromatic heterocycles. The van der Waals surface area contributed by atoms with Crippen LogP contribution in [0, 0.1) is 15.9 Å². The topological polar surface area (TPSA) is 68.1 Å². The maximum atomic E-state index is 12.5. The van der Waals surface area contributed by atoms with Crippen molar-refractivity contribution in [1.82, 2.24) is 0 Å². The molecule has 0 unspecified atom stereocenters. The SMILES string of the molecule is C#CCOc1c(Br)cc(/C=C2\SC(=Nc3ccccc3)C(C(=O)OCC)=C2O)cc1I. The summed E-state index contributed by atoms with van der Waals surface area (Å²) >= 11 is 6.86. The number of hydrogen-bond acceptors (Lipinski definition) is 6. The van der Waals surface area contributed by atoms with Crippen LogP contribution < -0.4 is 4.74 Å². The van der Waals surface area contributed by atoms with Gasteiger partial charge >= 0.3 is 5.97 Å². The minimum atomic E-state index is -0.612. The molecule has 158 valence electrons. The lowest BCUT2D eigenvalue weighted by Crippen LogP contribution is -2.12. The molecular formula is C23H17BrINO4S. The van der Waals surface area contributed by atoms with E-state index in [0.29, 0.717) is 21.4 Å². The van der Waals surface area contributed by atoms with Crippen LogP contribution in [0.1, 0.15) is 12.5 Å². The number of halogens is 2. The van der Waals surface area contributed by atoms with E-state index in [9.17, 15) is 9.90 Å². The van der Waals surface area contributed by atoms with Gasteiger partial charge in [-0.2, -0.15) is 0 Å². The van der Waals surface area contributed by atoms with Crippen molar-refractivity contribution in [3.8, 4) is 18.1 Å².